The molecule has 2 aromatic rings. The Morgan fingerprint density at radius 2 is 1.90 bits per heavy atom. The summed E-state index contributed by atoms with van der Waals surface area (Å²) in [5, 5.41) is 11.2. The number of guanidine groups is 1. The van der Waals surface area contributed by atoms with Crippen molar-refractivity contribution in [3.63, 3.8) is 0 Å². The highest BCUT2D eigenvalue weighted by atomic mass is 16.5. The van der Waals surface area contributed by atoms with Crippen molar-refractivity contribution in [1.82, 2.24) is 20.4 Å². The van der Waals surface area contributed by atoms with Gasteiger partial charge in [0.2, 0.25) is 0 Å². The van der Waals surface area contributed by atoms with Crippen LogP contribution in [0.4, 0.5) is 0 Å². The van der Waals surface area contributed by atoms with Crippen LogP contribution in [-0.2, 0) is 17.7 Å². The lowest BCUT2D eigenvalue weighted by Gasteiger charge is -2.11. The van der Waals surface area contributed by atoms with Crippen LogP contribution < -0.4 is 10.6 Å². The van der Waals surface area contributed by atoms with Gasteiger partial charge in [0.05, 0.1) is 12.3 Å². The van der Waals surface area contributed by atoms with Gasteiger partial charge in [-0.15, -0.1) is 0 Å². The number of benzene rings is 1. The fourth-order valence-corrected chi connectivity index (χ4v) is 3.13. The number of unbranched alkanes of at least 4 members (excludes halogenated alkanes) is 1. The second-order valence-corrected chi connectivity index (χ2v) is 7.25. The zero-order chi connectivity index (χ0) is 20.7. The van der Waals surface area contributed by atoms with E-state index in [1.165, 1.54) is 11.3 Å². The normalized spacial score (nSPS) is 11.6. The molecule has 160 valence electrons. The van der Waals surface area contributed by atoms with E-state index in [1.54, 1.807) is 0 Å². The summed E-state index contributed by atoms with van der Waals surface area (Å²) in [6.07, 6.45) is 4.09. The highest BCUT2D eigenvalue weighted by Crippen LogP contribution is 2.03. The second kappa shape index (κ2) is 13.8. The molecule has 0 atom stereocenters. The van der Waals surface area contributed by atoms with Gasteiger partial charge in [0.15, 0.2) is 5.96 Å². The van der Waals surface area contributed by atoms with Crippen molar-refractivity contribution in [1.29, 1.82) is 0 Å². The second-order valence-electron chi connectivity index (χ2n) is 7.25. The zero-order valence-corrected chi connectivity index (χ0v) is 18.3. The molecule has 0 saturated heterocycles. The maximum Gasteiger partial charge on any atom is 0.191 e. The van der Waals surface area contributed by atoms with E-state index in [-0.39, 0.29) is 0 Å². The highest BCUT2D eigenvalue weighted by Gasteiger charge is 2.01. The number of aryl methyl sites for hydroxylation is 3. The topological polar surface area (TPSA) is 63.5 Å². The number of rotatable bonds is 13. The molecule has 0 spiro atoms. The predicted molar refractivity (Wildman–Crippen MR) is 120 cm³/mol. The summed E-state index contributed by atoms with van der Waals surface area (Å²) in [7, 11) is 0. The van der Waals surface area contributed by atoms with Crippen molar-refractivity contribution in [2.45, 2.75) is 53.0 Å². The van der Waals surface area contributed by atoms with Crippen LogP contribution in [-0.4, -0.2) is 48.6 Å². The molecule has 0 amide bonds. The number of aliphatic imine (C=N–C) groups is 1. The van der Waals surface area contributed by atoms with Crippen LogP contribution in [0.1, 0.15) is 43.1 Å². The fraction of sp³-hybridized carbons (Fsp3) is 0.565. The third kappa shape index (κ3) is 9.61. The number of hydrogen-bond donors (Lipinski definition) is 2. The third-order valence-corrected chi connectivity index (χ3v) is 4.63. The first kappa shape index (κ1) is 22.9. The average Bonchev–Trinajstić information content (AvgIpc) is 3.04. The van der Waals surface area contributed by atoms with Crippen LogP contribution in [0.3, 0.4) is 0 Å². The van der Waals surface area contributed by atoms with Crippen LogP contribution in [0, 0.1) is 13.8 Å². The lowest BCUT2D eigenvalue weighted by atomic mass is 10.2. The lowest BCUT2D eigenvalue weighted by Crippen LogP contribution is -2.38. The molecule has 1 aromatic heterocycles. The van der Waals surface area contributed by atoms with Gasteiger partial charge in [-0.25, -0.2) is 0 Å². The van der Waals surface area contributed by atoms with E-state index < -0.39 is 0 Å². The largest absolute Gasteiger partial charge is 0.381 e. The standard InChI is InChI=1S/C23H37N5O/c1-4-24-23(26-15-10-16-28-21(3)19-20(2)27-28)25-14-8-9-17-29-18-13-22-11-6-5-7-12-22/h5-7,11-12,19H,4,8-10,13-18H2,1-3H3,(H2,24,25,26). The molecule has 0 radical (unpaired) electrons. The molecular weight excluding hydrogens is 362 g/mol. The molecule has 29 heavy (non-hydrogen) atoms. The smallest absolute Gasteiger partial charge is 0.191 e. The maximum atomic E-state index is 5.74. The van der Waals surface area contributed by atoms with Crippen LogP contribution in [0.2, 0.25) is 0 Å². The van der Waals surface area contributed by atoms with Crippen LogP contribution >= 0.6 is 0 Å². The summed E-state index contributed by atoms with van der Waals surface area (Å²) in [4.78, 5) is 4.67. The Bertz CT molecular complexity index is 711. The van der Waals surface area contributed by atoms with Gasteiger partial charge in [0, 0.05) is 38.5 Å². The van der Waals surface area contributed by atoms with Crippen LogP contribution in [0.15, 0.2) is 41.4 Å². The van der Waals surface area contributed by atoms with E-state index in [0.29, 0.717) is 0 Å². The molecule has 0 bridgehead atoms. The van der Waals surface area contributed by atoms with E-state index >= 15 is 0 Å². The number of aromatic nitrogens is 2. The SMILES string of the molecule is CCNC(=NCCCn1nc(C)cc1C)NCCCCOCCc1ccccc1. The van der Waals surface area contributed by atoms with E-state index in [1.807, 2.05) is 13.0 Å². The molecule has 0 aliphatic heterocycles. The minimum absolute atomic E-state index is 0.788. The van der Waals surface area contributed by atoms with Gasteiger partial charge in [0.1, 0.15) is 0 Å². The van der Waals surface area contributed by atoms with Gasteiger partial charge in [0.25, 0.3) is 0 Å². The van der Waals surface area contributed by atoms with Crippen molar-refractivity contribution < 1.29 is 4.74 Å². The summed E-state index contributed by atoms with van der Waals surface area (Å²) in [6, 6.07) is 12.6. The third-order valence-electron chi connectivity index (χ3n) is 4.63. The molecular formula is C23H37N5O. The first-order valence-corrected chi connectivity index (χ1v) is 10.8. The van der Waals surface area contributed by atoms with Crippen molar-refractivity contribution in [2.24, 2.45) is 4.99 Å². The first-order chi connectivity index (χ1) is 14.2. The minimum Gasteiger partial charge on any atom is -0.381 e. The first-order valence-electron chi connectivity index (χ1n) is 10.8. The summed E-state index contributed by atoms with van der Waals surface area (Å²) in [5.74, 6) is 0.894. The Morgan fingerprint density at radius 3 is 2.62 bits per heavy atom. The van der Waals surface area contributed by atoms with Gasteiger partial charge in [-0.2, -0.15) is 5.10 Å². The molecule has 1 heterocycles. The summed E-state index contributed by atoms with van der Waals surface area (Å²) in [6.45, 7) is 11.3. The Hall–Kier alpha value is -2.34. The Balaban J connectivity index is 1.53. The quantitative estimate of drug-likeness (QED) is 0.307. The minimum atomic E-state index is 0.788. The van der Waals surface area contributed by atoms with Crippen molar-refractivity contribution in [3.8, 4) is 0 Å². The molecule has 0 aliphatic carbocycles. The van der Waals surface area contributed by atoms with E-state index in [0.717, 1.165) is 76.7 Å². The van der Waals surface area contributed by atoms with Gasteiger partial charge < -0.3 is 15.4 Å². The number of nitrogens with one attached hydrogen (secondary N) is 2. The molecule has 0 unspecified atom stereocenters. The molecule has 0 saturated carbocycles. The van der Waals surface area contributed by atoms with Crippen molar-refractivity contribution in [3.05, 3.63) is 53.3 Å². The Labute approximate surface area is 175 Å². The van der Waals surface area contributed by atoms with Gasteiger partial charge in [-0.1, -0.05) is 30.3 Å². The fourth-order valence-electron chi connectivity index (χ4n) is 3.13. The molecule has 6 heteroatoms. The number of ether oxygens (including phenoxy) is 1. The van der Waals surface area contributed by atoms with Crippen molar-refractivity contribution in [2.75, 3.05) is 32.8 Å². The van der Waals surface area contributed by atoms with E-state index in [9.17, 15) is 0 Å². The van der Waals surface area contributed by atoms with Crippen LogP contribution in [0.5, 0.6) is 0 Å². The molecule has 1 aromatic carbocycles. The Morgan fingerprint density at radius 1 is 1.07 bits per heavy atom. The number of nitrogens with zero attached hydrogens (tertiary/aromatic N) is 3. The van der Waals surface area contributed by atoms with E-state index in [4.69, 9.17) is 4.74 Å². The summed E-state index contributed by atoms with van der Waals surface area (Å²) < 4.78 is 7.80. The molecule has 6 nitrogen and oxygen atoms in total. The van der Waals surface area contributed by atoms with Gasteiger partial charge in [-0.05, 0) is 58.1 Å². The van der Waals surface area contributed by atoms with Gasteiger partial charge in [-0.3, -0.25) is 9.67 Å². The molecule has 2 rings (SSSR count). The molecule has 0 aliphatic rings. The Kier molecular flexibility index (Phi) is 10.9. The zero-order valence-electron chi connectivity index (χ0n) is 18.3. The molecule has 2 N–H and O–H groups in total. The highest BCUT2D eigenvalue weighted by molar-refractivity contribution is 5.79. The van der Waals surface area contributed by atoms with Crippen molar-refractivity contribution >= 4 is 5.96 Å². The maximum absolute atomic E-state index is 5.74. The molecule has 0 fully saturated rings. The number of hydrogen-bond acceptors (Lipinski definition) is 3. The van der Waals surface area contributed by atoms with Gasteiger partial charge >= 0.3 is 0 Å². The monoisotopic (exact) mass is 399 g/mol. The summed E-state index contributed by atoms with van der Waals surface area (Å²) >= 11 is 0. The summed E-state index contributed by atoms with van der Waals surface area (Å²) in [5.41, 5.74) is 3.62. The van der Waals surface area contributed by atoms with E-state index in [2.05, 4.69) is 69.6 Å². The van der Waals surface area contributed by atoms with Crippen LogP contribution in [0.25, 0.3) is 0 Å². The lowest BCUT2D eigenvalue weighted by molar-refractivity contribution is 0.133. The average molecular weight is 400 g/mol. The predicted octanol–water partition coefficient (Wildman–Crippen LogP) is 3.48.